The maximum absolute atomic E-state index is 13.5. The first kappa shape index (κ1) is 13.9. The van der Waals surface area contributed by atoms with Gasteiger partial charge in [0.1, 0.15) is 0 Å². The molecular weight excluding hydrogens is 318 g/mol. The lowest BCUT2D eigenvalue weighted by molar-refractivity contribution is 0.404. The van der Waals surface area contributed by atoms with E-state index in [1.54, 1.807) is 12.1 Å². The minimum Gasteiger partial charge on any atom is -0.436 e. The fraction of sp³-hybridized carbons (Fsp3) is 0.154. The molecule has 3 nitrogen and oxygen atoms in total. The molecule has 0 saturated heterocycles. The summed E-state index contributed by atoms with van der Waals surface area (Å²) in [6, 6.07) is 5.48. The van der Waals surface area contributed by atoms with Gasteiger partial charge < -0.3 is 10.5 Å². The second kappa shape index (κ2) is 5.63. The van der Waals surface area contributed by atoms with Crippen LogP contribution in [0.3, 0.4) is 0 Å². The molecule has 19 heavy (non-hydrogen) atoms. The average molecular weight is 329 g/mol. The topological polar surface area (TPSA) is 48.1 Å². The summed E-state index contributed by atoms with van der Waals surface area (Å²) >= 11 is 3.07. The summed E-state index contributed by atoms with van der Waals surface area (Å²) in [4.78, 5) is 3.99. The van der Waals surface area contributed by atoms with E-state index in [-0.39, 0.29) is 17.7 Å². The molecule has 0 aliphatic carbocycles. The summed E-state index contributed by atoms with van der Waals surface area (Å²) in [5.74, 6) is -2.11. The normalized spacial score (nSPS) is 12.3. The number of nitrogens with two attached hydrogens (primary N) is 1. The molecule has 1 heterocycles. The van der Waals surface area contributed by atoms with Crippen LogP contribution in [0.1, 0.15) is 18.5 Å². The minimum absolute atomic E-state index is 0.151. The van der Waals surface area contributed by atoms with Gasteiger partial charge >= 0.3 is 0 Å². The lowest BCUT2D eigenvalue weighted by Crippen LogP contribution is -2.05. The van der Waals surface area contributed by atoms with Crippen molar-refractivity contribution in [2.24, 2.45) is 5.73 Å². The third kappa shape index (κ3) is 3.27. The third-order valence-electron chi connectivity index (χ3n) is 2.46. The lowest BCUT2D eigenvalue weighted by atomic mass is 10.2. The highest BCUT2D eigenvalue weighted by Gasteiger charge is 2.12. The zero-order chi connectivity index (χ0) is 14.0. The van der Waals surface area contributed by atoms with Gasteiger partial charge in [0.2, 0.25) is 11.7 Å². The SMILES string of the molecule is C[C@@H](N)c1ccc(Oc2cc(Br)cc(F)c2F)nc1. The Hall–Kier alpha value is -1.53. The fourth-order valence-corrected chi connectivity index (χ4v) is 1.85. The van der Waals surface area contributed by atoms with Gasteiger partial charge in [-0.05, 0) is 24.6 Å². The Bertz CT molecular complexity index is 588. The summed E-state index contributed by atoms with van der Waals surface area (Å²) in [5.41, 5.74) is 6.51. The van der Waals surface area contributed by atoms with Crippen molar-refractivity contribution in [1.82, 2.24) is 4.98 Å². The standard InChI is InChI=1S/C13H11BrF2N2O/c1-7(17)8-2-3-12(18-6-8)19-11-5-9(14)4-10(15)13(11)16/h2-7H,17H2,1H3/t7-/m1/s1. The monoisotopic (exact) mass is 328 g/mol. The molecule has 1 atom stereocenters. The Kier molecular flexibility index (Phi) is 4.11. The van der Waals surface area contributed by atoms with Gasteiger partial charge in [0, 0.05) is 22.8 Å². The Morgan fingerprint density at radius 1 is 1.32 bits per heavy atom. The molecule has 2 rings (SSSR count). The van der Waals surface area contributed by atoms with Crippen LogP contribution in [0.25, 0.3) is 0 Å². The molecule has 0 unspecified atom stereocenters. The Labute approximate surface area is 117 Å². The molecule has 0 radical (unpaired) electrons. The van der Waals surface area contributed by atoms with E-state index in [1.165, 1.54) is 12.3 Å². The first-order valence-corrected chi connectivity index (χ1v) is 6.30. The van der Waals surface area contributed by atoms with Gasteiger partial charge in [0.15, 0.2) is 11.6 Å². The van der Waals surface area contributed by atoms with E-state index in [1.807, 2.05) is 6.92 Å². The molecule has 0 fully saturated rings. The number of nitrogens with zero attached hydrogens (tertiary/aromatic N) is 1. The largest absolute Gasteiger partial charge is 0.436 e. The van der Waals surface area contributed by atoms with Crippen LogP contribution in [-0.4, -0.2) is 4.98 Å². The first-order chi connectivity index (χ1) is 8.97. The highest BCUT2D eigenvalue weighted by atomic mass is 79.9. The van der Waals surface area contributed by atoms with Crippen molar-refractivity contribution >= 4 is 15.9 Å². The molecule has 2 N–H and O–H groups in total. The number of hydrogen-bond donors (Lipinski definition) is 1. The van der Waals surface area contributed by atoms with Crippen molar-refractivity contribution in [1.29, 1.82) is 0 Å². The second-order valence-corrected chi connectivity index (χ2v) is 4.94. The van der Waals surface area contributed by atoms with E-state index in [0.29, 0.717) is 4.47 Å². The van der Waals surface area contributed by atoms with Crippen molar-refractivity contribution in [2.45, 2.75) is 13.0 Å². The smallest absolute Gasteiger partial charge is 0.219 e. The Balaban J connectivity index is 2.26. The maximum Gasteiger partial charge on any atom is 0.219 e. The molecule has 100 valence electrons. The van der Waals surface area contributed by atoms with E-state index in [4.69, 9.17) is 10.5 Å². The number of halogens is 3. The van der Waals surface area contributed by atoms with Crippen molar-refractivity contribution in [3.05, 3.63) is 52.1 Å². The molecule has 0 bridgehead atoms. The van der Waals surface area contributed by atoms with Crippen LogP contribution >= 0.6 is 15.9 Å². The zero-order valence-corrected chi connectivity index (χ0v) is 11.6. The summed E-state index contributed by atoms with van der Waals surface area (Å²) in [7, 11) is 0. The molecule has 0 saturated carbocycles. The first-order valence-electron chi connectivity index (χ1n) is 5.51. The Morgan fingerprint density at radius 3 is 2.63 bits per heavy atom. The van der Waals surface area contributed by atoms with E-state index in [2.05, 4.69) is 20.9 Å². The van der Waals surface area contributed by atoms with Gasteiger partial charge in [0.25, 0.3) is 0 Å². The molecule has 0 aliphatic heterocycles. The summed E-state index contributed by atoms with van der Waals surface area (Å²) in [5, 5.41) is 0. The molecule has 1 aromatic heterocycles. The Morgan fingerprint density at radius 2 is 2.05 bits per heavy atom. The summed E-state index contributed by atoms with van der Waals surface area (Å²) in [6.45, 7) is 1.82. The van der Waals surface area contributed by atoms with Gasteiger partial charge in [-0.1, -0.05) is 22.0 Å². The van der Waals surface area contributed by atoms with E-state index in [0.717, 1.165) is 11.6 Å². The van der Waals surface area contributed by atoms with Gasteiger partial charge in [-0.3, -0.25) is 0 Å². The number of ether oxygens (including phenoxy) is 1. The van der Waals surface area contributed by atoms with Crippen molar-refractivity contribution in [2.75, 3.05) is 0 Å². The maximum atomic E-state index is 13.5. The van der Waals surface area contributed by atoms with E-state index in [9.17, 15) is 8.78 Å². The predicted molar refractivity (Wildman–Crippen MR) is 71.0 cm³/mol. The van der Waals surface area contributed by atoms with Gasteiger partial charge in [-0.15, -0.1) is 0 Å². The number of hydrogen-bond acceptors (Lipinski definition) is 3. The van der Waals surface area contributed by atoms with Crippen molar-refractivity contribution in [3.63, 3.8) is 0 Å². The van der Waals surface area contributed by atoms with Crippen LogP contribution in [0, 0.1) is 11.6 Å². The highest BCUT2D eigenvalue weighted by molar-refractivity contribution is 9.10. The fourth-order valence-electron chi connectivity index (χ4n) is 1.44. The molecule has 0 aliphatic rings. The van der Waals surface area contributed by atoms with Crippen LogP contribution in [0.4, 0.5) is 8.78 Å². The quantitative estimate of drug-likeness (QED) is 0.868. The molecule has 0 spiro atoms. The second-order valence-electron chi connectivity index (χ2n) is 4.02. The number of rotatable bonds is 3. The van der Waals surface area contributed by atoms with Crippen molar-refractivity contribution in [3.8, 4) is 11.6 Å². The van der Waals surface area contributed by atoms with E-state index < -0.39 is 11.6 Å². The molecule has 0 amide bonds. The van der Waals surface area contributed by atoms with Gasteiger partial charge in [-0.25, -0.2) is 9.37 Å². The molecule has 2 aromatic rings. The highest BCUT2D eigenvalue weighted by Crippen LogP contribution is 2.28. The van der Waals surface area contributed by atoms with Crippen LogP contribution in [0.15, 0.2) is 34.9 Å². The molecular formula is C13H11BrF2N2O. The lowest BCUT2D eigenvalue weighted by Gasteiger charge is -2.09. The molecule has 6 heteroatoms. The third-order valence-corrected chi connectivity index (χ3v) is 2.92. The summed E-state index contributed by atoms with van der Waals surface area (Å²) < 4.78 is 32.3. The van der Waals surface area contributed by atoms with Crippen LogP contribution in [0.5, 0.6) is 11.6 Å². The molecule has 1 aromatic carbocycles. The van der Waals surface area contributed by atoms with Crippen molar-refractivity contribution < 1.29 is 13.5 Å². The van der Waals surface area contributed by atoms with E-state index >= 15 is 0 Å². The van der Waals surface area contributed by atoms with Crippen LogP contribution in [-0.2, 0) is 0 Å². The number of benzene rings is 1. The number of pyridine rings is 1. The minimum atomic E-state index is -1.05. The predicted octanol–water partition coefficient (Wildman–Crippen LogP) is 3.93. The average Bonchev–Trinajstić information content (AvgIpc) is 2.36. The van der Waals surface area contributed by atoms with Crippen LogP contribution < -0.4 is 10.5 Å². The van der Waals surface area contributed by atoms with Gasteiger partial charge in [-0.2, -0.15) is 4.39 Å². The van der Waals surface area contributed by atoms with Crippen LogP contribution in [0.2, 0.25) is 0 Å². The zero-order valence-electron chi connectivity index (χ0n) is 10.0. The number of aromatic nitrogens is 1. The summed E-state index contributed by atoms with van der Waals surface area (Å²) in [6.07, 6.45) is 1.53. The van der Waals surface area contributed by atoms with Gasteiger partial charge in [0.05, 0.1) is 0 Å².